The molecule has 9 heteroatoms. The van der Waals surface area contributed by atoms with Gasteiger partial charge in [0, 0.05) is 18.4 Å². The van der Waals surface area contributed by atoms with Crippen molar-refractivity contribution in [1.29, 1.82) is 0 Å². The van der Waals surface area contributed by atoms with Gasteiger partial charge in [0.05, 0.1) is 27.4 Å². The second-order valence-electron chi connectivity index (χ2n) is 4.97. The van der Waals surface area contributed by atoms with Crippen LogP contribution in [-0.2, 0) is 4.74 Å². The van der Waals surface area contributed by atoms with Gasteiger partial charge in [0.1, 0.15) is 6.10 Å². The summed E-state index contributed by atoms with van der Waals surface area (Å²) in [5.74, 6) is 1.14. The number of aromatic nitrogens is 5. The highest BCUT2D eigenvalue weighted by atomic mass is 16.5. The predicted molar refractivity (Wildman–Crippen MR) is 80.6 cm³/mol. The van der Waals surface area contributed by atoms with E-state index in [0.717, 1.165) is 5.69 Å². The third-order valence-electron chi connectivity index (χ3n) is 3.40. The van der Waals surface area contributed by atoms with Crippen molar-refractivity contribution in [2.24, 2.45) is 0 Å². The van der Waals surface area contributed by atoms with E-state index in [4.69, 9.17) is 14.2 Å². The Morgan fingerprint density at radius 1 is 1.13 bits per heavy atom. The molecule has 122 valence electrons. The zero-order chi connectivity index (χ0) is 16.2. The summed E-state index contributed by atoms with van der Waals surface area (Å²) in [5.41, 5.74) is 0.902. The van der Waals surface area contributed by atoms with Crippen LogP contribution < -0.4 is 14.4 Å². The highest BCUT2D eigenvalue weighted by Gasteiger charge is 2.26. The standard InChI is InChI=1S/C14H18N6O3/c1-9-4-5-15-11(16-9)10-8-20(6-7-23-10)12-17-13(21-2)19-14(18-12)22-3/h4-5,10H,6-8H2,1-3H3/t10-/m0/s1. The fourth-order valence-corrected chi connectivity index (χ4v) is 2.26. The average Bonchev–Trinajstić information content (AvgIpc) is 2.61. The molecular weight excluding hydrogens is 300 g/mol. The fraction of sp³-hybridized carbons (Fsp3) is 0.500. The summed E-state index contributed by atoms with van der Waals surface area (Å²) in [5, 5.41) is 0. The van der Waals surface area contributed by atoms with Gasteiger partial charge in [-0.1, -0.05) is 0 Å². The molecular formula is C14H18N6O3. The first-order valence-corrected chi connectivity index (χ1v) is 7.19. The molecule has 3 heterocycles. The van der Waals surface area contributed by atoms with Crippen LogP contribution in [0.5, 0.6) is 12.0 Å². The van der Waals surface area contributed by atoms with Gasteiger partial charge in [-0.2, -0.15) is 9.97 Å². The van der Waals surface area contributed by atoms with Crippen molar-refractivity contribution in [2.45, 2.75) is 13.0 Å². The lowest BCUT2D eigenvalue weighted by atomic mass is 10.2. The summed E-state index contributed by atoms with van der Waals surface area (Å²) in [6, 6.07) is 2.27. The molecule has 0 spiro atoms. The van der Waals surface area contributed by atoms with E-state index in [2.05, 4.69) is 24.9 Å². The number of aryl methyl sites for hydroxylation is 1. The van der Waals surface area contributed by atoms with Crippen LogP contribution in [0.3, 0.4) is 0 Å². The number of methoxy groups -OCH3 is 2. The van der Waals surface area contributed by atoms with Crippen molar-refractivity contribution >= 4 is 5.95 Å². The van der Waals surface area contributed by atoms with Gasteiger partial charge in [0.25, 0.3) is 0 Å². The van der Waals surface area contributed by atoms with Crippen LogP contribution >= 0.6 is 0 Å². The number of rotatable bonds is 4. The van der Waals surface area contributed by atoms with E-state index in [-0.39, 0.29) is 18.1 Å². The van der Waals surface area contributed by atoms with Gasteiger partial charge in [-0.15, -0.1) is 4.98 Å². The summed E-state index contributed by atoms with van der Waals surface area (Å²) in [6.07, 6.45) is 1.49. The molecule has 2 aromatic heterocycles. The molecule has 0 unspecified atom stereocenters. The van der Waals surface area contributed by atoms with Crippen molar-refractivity contribution in [2.75, 3.05) is 38.8 Å². The zero-order valence-electron chi connectivity index (χ0n) is 13.3. The molecule has 0 N–H and O–H groups in total. The topological polar surface area (TPSA) is 95.4 Å². The molecule has 0 amide bonds. The zero-order valence-corrected chi connectivity index (χ0v) is 13.3. The van der Waals surface area contributed by atoms with Crippen LogP contribution in [0.25, 0.3) is 0 Å². The van der Waals surface area contributed by atoms with E-state index in [1.165, 1.54) is 14.2 Å². The summed E-state index contributed by atoms with van der Waals surface area (Å²) in [6.45, 7) is 3.64. The van der Waals surface area contributed by atoms with Crippen LogP contribution in [0.15, 0.2) is 12.3 Å². The van der Waals surface area contributed by atoms with Gasteiger partial charge in [0.15, 0.2) is 5.82 Å². The SMILES string of the molecule is COc1nc(OC)nc(N2CCO[C@H](c3nccc(C)n3)C2)n1. The first-order valence-electron chi connectivity index (χ1n) is 7.19. The van der Waals surface area contributed by atoms with E-state index in [0.29, 0.717) is 31.5 Å². The molecule has 0 aromatic carbocycles. The second kappa shape index (κ2) is 6.69. The molecule has 1 aliphatic heterocycles. The Morgan fingerprint density at radius 3 is 2.52 bits per heavy atom. The van der Waals surface area contributed by atoms with Gasteiger partial charge >= 0.3 is 12.0 Å². The predicted octanol–water partition coefficient (Wildman–Crippen LogP) is 0.565. The summed E-state index contributed by atoms with van der Waals surface area (Å²) in [4.78, 5) is 23.3. The van der Waals surface area contributed by atoms with Crippen molar-refractivity contribution in [3.63, 3.8) is 0 Å². The quantitative estimate of drug-likeness (QED) is 0.801. The maximum atomic E-state index is 5.78. The third-order valence-corrected chi connectivity index (χ3v) is 3.40. The lowest BCUT2D eigenvalue weighted by molar-refractivity contribution is 0.0332. The normalized spacial score (nSPS) is 17.9. The minimum atomic E-state index is -0.239. The number of morpholine rings is 1. The molecule has 1 saturated heterocycles. The molecule has 0 radical (unpaired) electrons. The van der Waals surface area contributed by atoms with E-state index in [1.54, 1.807) is 6.20 Å². The fourth-order valence-electron chi connectivity index (χ4n) is 2.26. The maximum absolute atomic E-state index is 5.78. The van der Waals surface area contributed by atoms with Crippen LogP contribution in [0.1, 0.15) is 17.6 Å². The Bertz CT molecular complexity index is 661. The van der Waals surface area contributed by atoms with Crippen LogP contribution in [0, 0.1) is 6.92 Å². The van der Waals surface area contributed by atoms with Crippen molar-refractivity contribution in [1.82, 2.24) is 24.9 Å². The van der Waals surface area contributed by atoms with Gasteiger partial charge in [0.2, 0.25) is 5.95 Å². The number of anilines is 1. The molecule has 0 aliphatic carbocycles. The highest BCUT2D eigenvalue weighted by Crippen LogP contribution is 2.24. The summed E-state index contributed by atoms with van der Waals surface area (Å²) < 4.78 is 16.0. The number of ether oxygens (including phenoxy) is 3. The lowest BCUT2D eigenvalue weighted by Gasteiger charge is -2.32. The molecule has 0 saturated carbocycles. The first-order chi connectivity index (χ1) is 11.2. The molecule has 1 fully saturated rings. The molecule has 1 aliphatic rings. The number of hydrogen-bond acceptors (Lipinski definition) is 9. The van der Waals surface area contributed by atoms with Crippen LogP contribution in [0.2, 0.25) is 0 Å². The van der Waals surface area contributed by atoms with E-state index in [1.807, 2.05) is 17.9 Å². The second-order valence-corrected chi connectivity index (χ2v) is 4.97. The molecule has 9 nitrogen and oxygen atoms in total. The van der Waals surface area contributed by atoms with Crippen molar-refractivity contribution in [3.8, 4) is 12.0 Å². The Morgan fingerprint density at radius 2 is 1.87 bits per heavy atom. The van der Waals surface area contributed by atoms with Crippen molar-refractivity contribution < 1.29 is 14.2 Å². The average molecular weight is 318 g/mol. The molecule has 2 aromatic rings. The molecule has 0 bridgehead atoms. The summed E-state index contributed by atoms with van der Waals surface area (Å²) in [7, 11) is 3.00. The van der Waals surface area contributed by atoms with Gasteiger partial charge in [-0.25, -0.2) is 9.97 Å². The van der Waals surface area contributed by atoms with Gasteiger partial charge in [-0.3, -0.25) is 0 Å². The molecule has 3 rings (SSSR count). The third kappa shape index (κ3) is 3.45. The smallest absolute Gasteiger partial charge is 0.324 e. The summed E-state index contributed by atoms with van der Waals surface area (Å²) >= 11 is 0. The minimum Gasteiger partial charge on any atom is -0.467 e. The van der Waals surface area contributed by atoms with Crippen LogP contribution in [0.4, 0.5) is 5.95 Å². The number of nitrogens with zero attached hydrogens (tertiary/aromatic N) is 6. The Balaban J connectivity index is 1.83. The first kappa shape index (κ1) is 15.3. The lowest BCUT2D eigenvalue weighted by Crippen LogP contribution is -2.40. The molecule has 1 atom stereocenters. The van der Waals surface area contributed by atoms with E-state index < -0.39 is 0 Å². The van der Waals surface area contributed by atoms with E-state index in [9.17, 15) is 0 Å². The van der Waals surface area contributed by atoms with Gasteiger partial charge in [-0.05, 0) is 13.0 Å². The molecule has 23 heavy (non-hydrogen) atoms. The van der Waals surface area contributed by atoms with Gasteiger partial charge < -0.3 is 19.1 Å². The van der Waals surface area contributed by atoms with E-state index >= 15 is 0 Å². The Hall–Kier alpha value is -2.55. The Kier molecular flexibility index (Phi) is 4.47. The maximum Gasteiger partial charge on any atom is 0.324 e. The Labute approximate surface area is 133 Å². The highest BCUT2D eigenvalue weighted by molar-refractivity contribution is 5.33. The largest absolute Gasteiger partial charge is 0.467 e. The minimum absolute atomic E-state index is 0.210. The van der Waals surface area contributed by atoms with Crippen molar-refractivity contribution in [3.05, 3.63) is 23.8 Å². The monoisotopic (exact) mass is 318 g/mol. The number of hydrogen-bond donors (Lipinski definition) is 0. The van der Waals surface area contributed by atoms with Crippen LogP contribution in [-0.4, -0.2) is 58.8 Å².